The number of amides is 2. The molecule has 2 aliphatic rings. The van der Waals surface area contributed by atoms with Gasteiger partial charge in [-0.3, -0.25) is 14.6 Å². The topological polar surface area (TPSA) is 72.0 Å². The molecule has 7 nitrogen and oxygen atoms in total. The van der Waals surface area contributed by atoms with Crippen LogP contribution in [0.25, 0.3) is 0 Å². The number of ether oxygens (including phenoxy) is 2. The summed E-state index contributed by atoms with van der Waals surface area (Å²) in [5, 5.41) is 0. The third-order valence-corrected chi connectivity index (χ3v) is 4.76. The lowest BCUT2D eigenvalue weighted by atomic mass is 10.1. The molecular weight excluding hydrogens is 346 g/mol. The van der Waals surface area contributed by atoms with Crippen molar-refractivity contribution < 1.29 is 19.1 Å². The molecule has 140 valence electrons. The third kappa shape index (κ3) is 3.72. The molecule has 27 heavy (non-hydrogen) atoms. The summed E-state index contributed by atoms with van der Waals surface area (Å²) in [5.74, 6) is 1.18. The minimum atomic E-state index is -0.0564. The van der Waals surface area contributed by atoms with E-state index in [9.17, 15) is 9.59 Å². The van der Waals surface area contributed by atoms with Crippen LogP contribution in [-0.4, -0.2) is 66.0 Å². The summed E-state index contributed by atoms with van der Waals surface area (Å²) in [4.78, 5) is 32.8. The first-order valence-corrected chi connectivity index (χ1v) is 9.10. The molecule has 2 amide bonds. The van der Waals surface area contributed by atoms with Crippen LogP contribution in [0.2, 0.25) is 0 Å². The van der Waals surface area contributed by atoms with Crippen LogP contribution in [0, 0.1) is 0 Å². The van der Waals surface area contributed by atoms with E-state index < -0.39 is 0 Å². The van der Waals surface area contributed by atoms with Gasteiger partial charge in [0.25, 0.3) is 11.8 Å². The highest BCUT2D eigenvalue weighted by Crippen LogP contribution is 2.30. The van der Waals surface area contributed by atoms with E-state index in [4.69, 9.17) is 9.47 Å². The molecule has 0 bridgehead atoms. The maximum absolute atomic E-state index is 12.8. The Bertz CT molecular complexity index is 832. The molecule has 1 fully saturated rings. The average molecular weight is 367 g/mol. The largest absolute Gasteiger partial charge is 0.490 e. The highest BCUT2D eigenvalue weighted by atomic mass is 16.5. The molecule has 7 heteroatoms. The van der Waals surface area contributed by atoms with Crippen molar-refractivity contribution in [2.24, 2.45) is 0 Å². The molecule has 0 unspecified atom stereocenters. The first-order valence-electron chi connectivity index (χ1n) is 9.10. The average Bonchev–Trinajstić information content (AvgIpc) is 2.98. The van der Waals surface area contributed by atoms with Crippen LogP contribution >= 0.6 is 0 Å². The van der Waals surface area contributed by atoms with Gasteiger partial charge in [-0.05, 0) is 30.3 Å². The molecule has 2 aliphatic heterocycles. The van der Waals surface area contributed by atoms with Crippen molar-refractivity contribution in [2.75, 3.05) is 39.4 Å². The number of fused-ring (bicyclic) bond motifs is 1. The van der Waals surface area contributed by atoms with Crippen LogP contribution < -0.4 is 9.47 Å². The summed E-state index contributed by atoms with van der Waals surface area (Å²) >= 11 is 0. The minimum Gasteiger partial charge on any atom is -0.490 e. The predicted molar refractivity (Wildman–Crippen MR) is 98.1 cm³/mol. The Kier molecular flexibility index (Phi) is 4.91. The Labute approximate surface area is 157 Å². The van der Waals surface area contributed by atoms with Gasteiger partial charge < -0.3 is 19.3 Å². The van der Waals surface area contributed by atoms with Crippen LogP contribution in [0.3, 0.4) is 0 Å². The Morgan fingerprint density at radius 1 is 0.852 bits per heavy atom. The predicted octanol–water partition coefficient (Wildman–Crippen LogP) is 1.84. The summed E-state index contributed by atoms with van der Waals surface area (Å²) in [6.45, 7) is 3.21. The van der Waals surface area contributed by atoms with E-state index in [0.29, 0.717) is 62.0 Å². The number of aromatic nitrogens is 1. The highest BCUT2D eigenvalue weighted by Gasteiger charge is 2.26. The van der Waals surface area contributed by atoms with E-state index >= 15 is 0 Å². The number of piperazine rings is 1. The number of pyridine rings is 1. The van der Waals surface area contributed by atoms with Crippen LogP contribution in [0.5, 0.6) is 11.5 Å². The molecule has 0 aliphatic carbocycles. The number of nitrogens with zero attached hydrogens (tertiary/aromatic N) is 3. The van der Waals surface area contributed by atoms with Gasteiger partial charge in [-0.25, -0.2) is 0 Å². The lowest BCUT2D eigenvalue weighted by Gasteiger charge is -2.34. The molecule has 4 rings (SSSR count). The van der Waals surface area contributed by atoms with Crippen LogP contribution in [0.1, 0.15) is 27.1 Å². The number of carbonyl (C=O) groups excluding carboxylic acids is 2. The molecule has 2 aromatic rings. The van der Waals surface area contributed by atoms with Gasteiger partial charge in [-0.15, -0.1) is 0 Å². The number of carbonyl (C=O) groups is 2. The second-order valence-corrected chi connectivity index (χ2v) is 6.54. The van der Waals surface area contributed by atoms with Gasteiger partial charge in [0, 0.05) is 50.6 Å². The van der Waals surface area contributed by atoms with Crippen molar-refractivity contribution >= 4 is 11.8 Å². The van der Waals surface area contributed by atoms with Gasteiger partial charge in [0.05, 0.1) is 18.8 Å². The molecule has 0 saturated carbocycles. The summed E-state index contributed by atoms with van der Waals surface area (Å²) in [7, 11) is 0. The van der Waals surface area contributed by atoms with Gasteiger partial charge in [-0.2, -0.15) is 0 Å². The molecule has 0 atom stereocenters. The lowest BCUT2D eigenvalue weighted by molar-refractivity contribution is 0.0535. The summed E-state index contributed by atoms with van der Waals surface area (Å²) in [5.41, 5.74) is 1.14. The molecule has 0 radical (unpaired) electrons. The van der Waals surface area contributed by atoms with E-state index in [2.05, 4.69) is 4.98 Å². The van der Waals surface area contributed by atoms with E-state index in [1.165, 1.54) is 0 Å². The third-order valence-electron chi connectivity index (χ3n) is 4.76. The van der Waals surface area contributed by atoms with Crippen LogP contribution in [0.15, 0.2) is 42.7 Å². The van der Waals surface area contributed by atoms with Gasteiger partial charge >= 0.3 is 0 Å². The Morgan fingerprint density at radius 2 is 1.52 bits per heavy atom. The van der Waals surface area contributed by atoms with Crippen molar-refractivity contribution in [3.8, 4) is 11.5 Å². The van der Waals surface area contributed by atoms with Crippen LogP contribution in [0.4, 0.5) is 0 Å². The van der Waals surface area contributed by atoms with Crippen molar-refractivity contribution in [1.29, 1.82) is 0 Å². The number of hydrogen-bond acceptors (Lipinski definition) is 5. The smallest absolute Gasteiger partial charge is 0.255 e. The first kappa shape index (κ1) is 17.3. The molecule has 1 aromatic heterocycles. The van der Waals surface area contributed by atoms with Gasteiger partial charge in [0.1, 0.15) is 0 Å². The normalized spacial score (nSPS) is 16.6. The Hall–Kier alpha value is -3.09. The van der Waals surface area contributed by atoms with Crippen molar-refractivity contribution in [1.82, 2.24) is 14.8 Å². The zero-order chi connectivity index (χ0) is 18.6. The maximum atomic E-state index is 12.8. The summed E-state index contributed by atoms with van der Waals surface area (Å²) in [6.07, 6.45) is 4.03. The zero-order valence-electron chi connectivity index (χ0n) is 15.0. The molecule has 1 aromatic carbocycles. The minimum absolute atomic E-state index is 0.0502. The summed E-state index contributed by atoms with van der Waals surface area (Å²) < 4.78 is 11.3. The van der Waals surface area contributed by atoms with E-state index in [-0.39, 0.29) is 11.8 Å². The Balaban J connectivity index is 1.40. The molecule has 3 heterocycles. The van der Waals surface area contributed by atoms with E-state index in [1.54, 1.807) is 52.5 Å². The van der Waals surface area contributed by atoms with Gasteiger partial charge in [-0.1, -0.05) is 0 Å². The number of rotatable bonds is 2. The standard InChI is InChI=1S/C20H21N3O4/c24-19(15-4-5-17-18(13-15)27-12-2-11-26-17)22-7-9-23(10-8-22)20(25)16-3-1-6-21-14-16/h1,3-6,13-14H,2,7-12H2. The number of benzene rings is 1. The first-order chi connectivity index (χ1) is 13.2. The fourth-order valence-electron chi connectivity index (χ4n) is 3.26. The second-order valence-electron chi connectivity index (χ2n) is 6.54. The Morgan fingerprint density at radius 3 is 2.19 bits per heavy atom. The summed E-state index contributed by atoms with van der Waals surface area (Å²) in [6, 6.07) is 8.80. The second kappa shape index (κ2) is 7.65. The number of hydrogen-bond donors (Lipinski definition) is 0. The molecular formula is C20H21N3O4. The quantitative estimate of drug-likeness (QED) is 0.810. The highest BCUT2D eigenvalue weighted by molar-refractivity contribution is 5.96. The van der Waals surface area contributed by atoms with E-state index in [1.807, 2.05) is 0 Å². The fraction of sp³-hybridized carbons (Fsp3) is 0.350. The monoisotopic (exact) mass is 367 g/mol. The SMILES string of the molecule is O=C(c1cccnc1)N1CCN(C(=O)c2ccc3c(c2)OCCCO3)CC1. The van der Waals surface area contributed by atoms with Crippen LogP contribution in [-0.2, 0) is 0 Å². The van der Waals surface area contributed by atoms with Gasteiger partial charge in [0.15, 0.2) is 11.5 Å². The molecule has 0 N–H and O–H groups in total. The molecule has 1 saturated heterocycles. The van der Waals surface area contributed by atoms with Gasteiger partial charge in [0.2, 0.25) is 0 Å². The van der Waals surface area contributed by atoms with Crippen molar-refractivity contribution in [3.05, 3.63) is 53.9 Å². The maximum Gasteiger partial charge on any atom is 0.255 e. The van der Waals surface area contributed by atoms with Crippen molar-refractivity contribution in [2.45, 2.75) is 6.42 Å². The molecule has 0 spiro atoms. The lowest BCUT2D eigenvalue weighted by Crippen LogP contribution is -2.50. The van der Waals surface area contributed by atoms with E-state index in [0.717, 1.165) is 6.42 Å². The van der Waals surface area contributed by atoms with Crippen molar-refractivity contribution in [3.63, 3.8) is 0 Å². The zero-order valence-corrected chi connectivity index (χ0v) is 15.0. The fourth-order valence-corrected chi connectivity index (χ4v) is 3.26.